The van der Waals surface area contributed by atoms with Gasteiger partial charge in [0.15, 0.2) is 11.5 Å². The highest BCUT2D eigenvalue weighted by Gasteiger charge is 2.21. The van der Waals surface area contributed by atoms with Gasteiger partial charge in [0.25, 0.3) is 5.56 Å². The van der Waals surface area contributed by atoms with Crippen LogP contribution in [-0.2, 0) is 11.3 Å². The van der Waals surface area contributed by atoms with E-state index in [9.17, 15) is 9.59 Å². The molecule has 138 valence electrons. The number of hydrogen-bond donors (Lipinski definition) is 1. The second kappa shape index (κ2) is 7.11. The third kappa shape index (κ3) is 3.48. The van der Waals surface area contributed by atoms with Gasteiger partial charge in [-0.15, -0.1) is 0 Å². The quantitative estimate of drug-likeness (QED) is 0.760. The van der Waals surface area contributed by atoms with Crippen LogP contribution in [0.1, 0.15) is 5.56 Å². The van der Waals surface area contributed by atoms with E-state index in [0.717, 1.165) is 5.56 Å². The predicted octanol–water partition coefficient (Wildman–Crippen LogP) is 1.66. The molecule has 0 spiro atoms. The number of nitrogens with zero attached hydrogens (tertiary/aromatic N) is 2. The molecule has 0 saturated carbocycles. The van der Waals surface area contributed by atoms with Crippen molar-refractivity contribution in [2.24, 2.45) is 0 Å². The molecule has 2 aromatic carbocycles. The molecule has 7 nitrogen and oxygen atoms in total. The minimum atomic E-state index is -0.284. The summed E-state index contributed by atoms with van der Waals surface area (Å²) in [6, 6.07) is 12.8. The third-order valence-corrected chi connectivity index (χ3v) is 4.46. The predicted molar refractivity (Wildman–Crippen MR) is 100 cm³/mol. The van der Waals surface area contributed by atoms with Crippen molar-refractivity contribution >= 4 is 16.8 Å². The van der Waals surface area contributed by atoms with E-state index in [4.69, 9.17) is 9.47 Å². The molecule has 0 bridgehead atoms. The molecule has 1 aliphatic rings. The van der Waals surface area contributed by atoms with Gasteiger partial charge in [0.2, 0.25) is 5.91 Å². The Bertz CT molecular complexity index is 1060. The Morgan fingerprint density at radius 3 is 2.89 bits per heavy atom. The zero-order chi connectivity index (χ0) is 18.8. The first kappa shape index (κ1) is 17.1. The summed E-state index contributed by atoms with van der Waals surface area (Å²) in [5, 5.41) is 3.29. The van der Waals surface area contributed by atoms with Crippen molar-refractivity contribution in [2.45, 2.75) is 19.6 Å². The minimum absolute atomic E-state index is 0.0973. The van der Waals surface area contributed by atoms with Gasteiger partial charge < -0.3 is 14.8 Å². The van der Waals surface area contributed by atoms with Crippen LogP contribution in [0.3, 0.4) is 0 Å². The lowest BCUT2D eigenvalue weighted by atomic mass is 10.1. The Morgan fingerprint density at radius 2 is 2.04 bits per heavy atom. The van der Waals surface area contributed by atoms with E-state index in [0.29, 0.717) is 35.6 Å². The molecule has 1 atom stereocenters. The smallest absolute Gasteiger partial charge is 0.261 e. The summed E-state index contributed by atoms with van der Waals surface area (Å²) in [6.45, 7) is 2.45. The summed E-state index contributed by atoms with van der Waals surface area (Å²) in [6.07, 6.45) is 1.13. The number of aromatic nitrogens is 2. The average molecular weight is 365 g/mol. The van der Waals surface area contributed by atoms with Crippen LogP contribution in [-0.4, -0.2) is 34.7 Å². The maximum absolute atomic E-state index is 12.6. The van der Waals surface area contributed by atoms with Gasteiger partial charge >= 0.3 is 0 Å². The first-order valence-electron chi connectivity index (χ1n) is 8.72. The van der Waals surface area contributed by atoms with Gasteiger partial charge in [-0.25, -0.2) is 4.98 Å². The highest BCUT2D eigenvalue weighted by atomic mass is 16.6. The lowest BCUT2D eigenvalue weighted by Gasteiger charge is -2.26. The van der Waals surface area contributed by atoms with Crippen LogP contribution in [0, 0.1) is 6.92 Å². The van der Waals surface area contributed by atoms with E-state index in [-0.39, 0.29) is 24.1 Å². The fourth-order valence-electron chi connectivity index (χ4n) is 3.05. The van der Waals surface area contributed by atoms with Crippen molar-refractivity contribution in [3.63, 3.8) is 0 Å². The normalized spacial score (nSPS) is 15.5. The molecule has 1 aliphatic heterocycles. The minimum Gasteiger partial charge on any atom is -0.486 e. The Balaban J connectivity index is 1.40. The van der Waals surface area contributed by atoms with Crippen LogP contribution in [0.5, 0.6) is 11.5 Å². The van der Waals surface area contributed by atoms with Gasteiger partial charge in [0, 0.05) is 0 Å². The summed E-state index contributed by atoms with van der Waals surface area (Å²) in [4.78, 5) is 29.1. The van der Waals surface area contributed by atoms with Gasteiger partial charge in [0.1, 0.15) is 19.3 Å². The molecule has 0 radical (unpaired) electrons. The van der Waals surface area contributed by atoms with Gasteiger partial charge in [-0.05, 0) is 30.7 Å². The van der Waals surface area contributed by atoms with E-state index in [2.05, 4.69) is 10.3 Å². The van der Waals surface area contributed by atoms with Crippen LogP contribution in [0.25, 0.3) is 10.9 Å². The number of fused-ring (bicyclic) bond motifs is 2. The van der Waals surface area contributed by atoms with Crippen molar-refractivity contribution in [2.75, 3.05) is 13.2 Å². The van der Waals surface area contributed by atoms with E-state index in [1.54, 1.807) is 6.07 Å². The fourth-order valence-corrected chi connectivity index (χ4v) is 3.05. The first-order valence-corrected chi connectivity index (χ1v) is 8.72. The summed E-state index contributed by atoms with van der Waals surface area (Å²) in [5.74, 6) is 1.07. The summed E-state index contributed by atoms with van der Waals surface area (Å²) in [5.41, 5.74) is 1.35. The molecule has 27 heavy (non-hydrogen) atoms. The van der Waals surface area contributed by atoms with Crippen LogP contribution < -0.4 is 20.3 Å². The summed E-state index contributed by atoms with van der Waals surface area (Å²) in [7, 11) is 0. The summed E-state index contributed by atoms with van der Waals surface area (Å²) >= 11 is 0. The molecule has 1 aromatic heterocycles. The molecule has 0 saturated heterocycles. The van der Waals surface area contributed by atoms with Crippen molar-refractivity contribution < 1.29 is 14.3 Å². The molecule has 7 heteroatoms. The average Bonchev–Trinajstić information content (AvgIpc) is 2.69. The number of aryl methyl sites for hydroxylation is 1. The molecule has 0 unspecified atom stereocenters. The molecule has 3 aromatic rings. The van der Waals surface area contributed by atoms with Crippen molar-refractivity contribution in [1.29, 1.82) is 0 Å². The van der Waals surface area contributed by atoms with Crippen molar-refractivity contribution in [3.05, 3.63) is 64.7 Å². The number of carbonyl (C=O) groups excluding carboxylic acids is 1. The highest BCUT2D eigenvalue weighted by molar-refractivity contribution is 5.81. The van der Waals surface area contributed by atoms with Crippen LogP contribution >= 0.6 is 0 Å². The topological polar surface area (TPSA) is 82.5 Å². The Hall–Kier alpha value is -3.35. The number of hydrogen-bond acceptors (Lipinski definition) is 5. The molecular formula is C20H19N3O4. The number of carbonyl (C=O) groups is 1. The number of amides is 1. The summed E-state index contributed by atoms with van der Waals surface area (Å²) < 4.78 is 12.7. The second-order valence-corrected chi connectivity index (χ2v) is 6.45. The number of benzene rings is 2. The molecule has 0 fully saturated rings. The van der Waals surface area contributed by atoms with E-state index < -0.39 is 0 Å². The van der Waals surface area contributed by atoms with Crippen LogP contribution in [0.4, 0.5) is 0 Å². The molecular weight excluding hydrogens is 346 g/mol. The van der Waals surface area contributed by atoms with Crippen molar-refractivity contribution in [1.82, 2.24) is 14.9 Å². The fraction of sp³-hybridized carbons (Fsp3) is 0.250. The Labute approximate surface area is 155 Å². The molecule has 1 amide bonds. The van der Waals surface area contributed by atoms with Crippen molar-refractivity contribution in [3.8, 4) is 11.5 Å². The maximum Gasteiger partial charge on any atom is 0.261 e. The zero-order valence-corrected chi connectivity index (χ0v) is 14.8. The highest BCUT2D eigenvalue weighted by Crippen LogP contribution is 2.30. The molecule has 4 rings (SSSR count). The van der Waals surface area contributed by atoms with Crippen LogP contribution in [0.15, 0.2) is 53.6 Å². The van der Waals surface area contributed by atoms with Gasteiger partial charge in [-0.1, -0.05) is 24.3 Å². The SMILES string of the molecule is Cc1cccc2c(=O)n(CC(=O)NC[C@@H]3COc4ccccc4O3)cnc12. The number of rotatable bonds is 4. The van der Waals surface area contributed by atoms with E-state index in [1.165, 1.54) is 10.9 Å². The maximum atomic E-state index is 12.6. The van der Waals surface area contributed by atoms with Gasteiger partial charge in [0.05, 0.1) is 23.8 Å². The lowest BCUT2D eigenvalue weighted by molar-refractivity contribution is -0.122. The van der Waals surface area contributed by atoms with Gasteiger partial charge in [-0.2, -0.15) is 0 Å². The van der Waals surface area contributed by atoms with E-state index >= 15 is 0 Å². The molecule has 0 aliphatic carbocycles. The van der Waals surface area contributed by atoms with Crippen LogP contribution in [0.2, 0.25) is 0 Å². The van der Waals surface area contributed by atoms with E-state index in [1.807, 2.05) is 43.3 Å². The number of para-hydroxylation sites is 3. The Morgan fingerprint density at radius 1 is 1.22 bits per heavy atom. The second-order valence-electron chi connectivity index (χ2n) is 6.45. The monoisotopic (exact) mass is 365 g/mol. The largest absolute Gasteiger partial charge is 0.486 e. The third-order valence-electron chi connectivity index (χ3n) is 4.46. The lowest BCUT2D eigenvalue weighted by Crippen LogP contribution is -2.42. The number of ether oxygens (including phenoxy) is 2. The van der Waals surface area contributed by atoms with Gasteiger partial charge in [-0.3, -0.25) is 14.2 Å². The number of nitrogens with one attached hydrogen (secondary N) is 1. The Kier molecular flexibility index (Phi) is 4.50. The standard InChI is InChI=1S/C20H19N3O4/c1-13-5-4-6-15-19(13)22-12-23(20(15)25)10-18(24)21-9-14-11-26-16-7-2-3-8-17(16)27-14/h2-8,12,14H,9-11H2,1H3,(H,21,24)/t14-/m1/s1. The zero-order valence-electron chi connectivity index (χ0n) is 14.8. The molecule has 1 N–H and O–H groups in total. The first-order chi connectivity index (χ1) is 13.1. The molecule has 2 heterocycles.